The van der Waals surface area contributed by atoms with Crippen LogP contribution in [0.1, 0.15) is 17.8 Å². The van der Waals surface area contributed by atoms with Gasteiger partial charge in [-0.1, -0.05) is 0 Å². The van der Waals surface area contributed by atoms with Crippen molar-refractivity contribution in [3.8, 4) is 0 Å². The van der Waals surface area contributed by atoms with Gasteiger partial charge in [-0.15, -0.1) is 0 Å². The molecule has 3 rings (SSSR count). The maximum absolute atomic E-state index is 12.6. The van der Waals surface area contributed by atoms with E-state index in [0.717, 1.165) is 18.1 Å². The van der Waals surface area contributed by atoms with Gasteiger partial charge >= 0.3 is 6.18 Å². The number of hydrogen-bond donors (Lipinski definition) is 1. The first-order valence-corrected chi connectivity index (χ1v) is 8.36. The smallest absolute Gasteiger partial charge is 0.356 e. The molecule has 3 heterocycles. The Hall–Kier alpha value is -2.58. The summed E-state index contributed by atoms with van der Waals surface area (Å²) in [5.41, 5.74) is -0.774. The molecule has 1 atom stereocenters. The number of amides is 1. The number of aromatic nitrogens is 3. The van der Waals surface area contributed by atoms with E-state index >= 15 is 0 Å². The first-order valence-electron chi connectivity index (χ1n) is 8.36. The van der Waals surface area contributed by atoms with Crippen molar-refractivity contribution in [1.82, 2.24) is 19.9 Å². The summed E-state index contributed by atoms with van der Waals surface area (Å²) in [4.78, 5) is 22.2. The first-order chi connectivity index (χ1) is 12.3. The predicted molar refractivity (Wildman–Crippen MR) is 89.5 cm³/mol. The molecule has 1 unspecified atom stereocenters. The van der Waals surface area contributed by atoms with Crippen molar-refractivity contribution in [2.24, 2.45) is 13.0 Å². The zero-order valence-corrected chi connectivity index (χ0v) is 14.3. The Morgan fingerprint density at radius 2 is 2.15 bits per heavy atom. The van der Waals surface area contributed by atoms with Gasteiger partial charge in [-0.3, -0.25) is 4.79 Å². The van der Waals surface area contributed by atoms with Gasteiger partial charge in [0.2, 0.25) is 5.91 Å². The van der Waals surface area contributed by atoms with Crippen molar-refractivity contribution in [2.45, 2.75) is 19.0 Å². The summed E-state index contributed by atoms with van der Waals surface area (Å²) in [5.74, 6) is 1.11. The molecule has 2 aromatic rings. The summed E-state index contributed by atoms with van der Waals surface area (Å²) < 4.78 is 39.7. The van der Waals surface area contributed by atoms with Gasteiger partial charge in [0.05, 0.1) is 11.5 Å². The maximum atomic E-state index is 12.6. The van der Waals surface area contributed by atoms with Gasteiger partial charge < -0.3 is 14.8 Å². The van der Waals surface area contributed by atoms with Gasteiger partial charge in [-0.25, -0.2) is 9.97 Å². The number of hydrogen-bond acceptors (Lipinski definition) is 4. The topological polar surface area (TPSA) is 63.1 Å². The lowest BCUT2D eigenvalue weighted by molar-refractivity contribution is -0.137. The molecule has 0 saturated carbocycles. The number of pyridine rings is 1. The number of nitrogens with zero attached hydrogens (tertiary/aromatic N) is 4. The van der Waals surface area contributed by atoms with Crippen LogP contribution in [0.15, 0.2) is 30.7 Å². The zero-order valence-electron chi connectivity index (χ0n) is 14.3. The SMILES string of the molecule is Cn1ccnc1CCNC(=O)C1CCN(c2ccc(C(F)(F)F)cn2)C1. The van der Waals surface area contributed by atoms with Crippen LogP contribution in [0.25, 0.3) is 0 Å². The van der Waals surface area contributed by atoms with Crippen LogP contribution in [-0.4, -0.2) is 40.1 Å². The van der Waals surface area contributed by atoms with Crippen LogP contribution in [0, 0.1) is 5.92 Å². The molecule has 26 heavy (non-hydrogen) atoms. The van der Waals surface area contributed by atoms with Crippen LogP contribution in [0.4, 0.5) is 19.0 Å². The Kier molecular flexibility index (Phi) is 5.15. The molecule has 1 saturated heterocycles. The minimum atomic E-state index is -4.40. The predicted octanol–water partition coefficient (Wildman–Crippen LogP) is 2.02. The third-order valence-electron chi connectivity index (χ3n) is 4.53. The van der Waals surface area contributed by atoms with Gasteiger partial charge in [0, 0.05) is 51.7 Å². The highest BCUT2D eigenvalue weighted by molar-refractivity contribution is 5.80. The average Bonchev–Trinajstić information content (AvgIpc) is 3.24. The summed E-state index contributed by atoms with van der Waals surface area (Å²) in [5, 5.41) is 2.90. The zero-order chi connectivity index (χ0) is 18.7. The minimum absolute atomic E-state index is 0.0476. The summed E-state index contributed by atoms with van der Waals surface area (Å²) in [6.07, 6.45) is 1.29. The highest BCUT2D eigenvalue weighted by Gasteiger charge is 2.32. The van der Waals surface area contributed by atoms with E-state index < -0.39 is 11.7 Å². The molecule has 1 aliphatic heterocycles. The number of rotatable bonds is 5. The lowest BCUT2D eigenvalue weighted by Gasteiger charge is -2.18. The summed E-state index contributed by atoms with van der Waals surface area (Å²) in [6.45, 7) is 1.54. The normalized spacial score (nSPS) is 17.5. The Bertz CT molecular complexity index is 757. The number of anilines is 1. The molecule has 1 fully saturated rings. The molecule has 1 amide bonds. The molecule has 0 spiro atoms. The van der Waals surface area contributed by atoms with Gasteiger partial charge in [-0.2, -0.15) is 13.2 Å². The minimum Gasteiger partial charge on any atom is -0.356 e. The Labute approximate surface area is 149 Å². The van der Waals surface area contributed by atoms with Crippen LogP contribution in [0.3, 0.4) is 0 Å². The number of carbonyl (C=O) groups excluding carboxylic acids is 1. The molecule has 9 heteroatoms. The van der Waals surface area contributed by atoms with Crippen molar-refractivity contribution < 1.29 is 18.0 Å². The van der Waals surface area contributed by atoms with E-state index in [-0.39, 0.29) is 11.8 Å². The van der Waals surface area contributed by atoms with Crippen molar-refractivity contribution in [3.05, 3.63) is 42.1 Å². The third kappa shape index (κ3) is 4.14. The van der Waals surface area contributed by atoms with Crippen molar-refractivity contribution in [3.63, 3.8) is 0 Å². The Balaban J connectivity index is 1.50. The van der Waals surface area contributed by atoms with Gasteiger partial charge in [0.15, 0.2) is 0 Å². The number of aryl methyl sites for hydroxylation is 1. The van der Waals surface area contributed by atoms with Crippen molar-refractivity contribution in [2.75, 3.05) is 24.5 Å². The van der Waals surface area contributed by atoms with Gasteiger partial charge in [-0.05, 0) is 18.6 Å². The largest absolute Gasteiger partial charge is 0.417 e. The second-order valence-corrected chi connectivity index (χ2v) is 6.33. The average molecular weight is 367 g/mol. The van der Waals surface area contributed by atoms with E-state index in [2.05, 4.69) is 15.3 Å². The van der Waals surface area contributed by atoms with E-state index in [1.165, 1.54) is 6.07 Å². The molecular formula is C17H20F3N5O. The van der Waals surface area contributed by atoms with Crippen molar-refractivity contribution in [1.29, 1.82) is 0 Å². The molecule has 2 aromatic heterocycles. The Morgan fingerprint density at radius 1 is 1.35 bits per heavy atom. The molecule has 140 valence electrons. The highest BCUT2D eigenvalue weighted by atomic mass is 19.4. The van der Waals surface area contributed by atoms with Crippen LogP contribution >= 0.6 is 0 Å². The summed E-state index contributed by atoms with van der Waals surface area (Å²) in [7, 11) is 1.90. The lowest BCUT2D eigenvalue weighted by Crippen LogP contribution is -2.34. The standard InChI is InChI=1S/C17H20F3N5O/c1-24-9-7-21-14(24)4-6-22-16(26)12-5-8-25(11-12)15-3-2-13(10-23-15)17(18,19)20/h2-3,7,9-10,12H,4-6,8,11H2,1H3,(H,22,26). The quantitative estimate of drug-likeness (QED) is 0.878. The molecule has 1 N–H and O–H groups in total. The Morgan fingerprint density at radius 3 is 2.77 bits per heavy atom. The number of carbonyl (C=O) groups is 1. The number of alkyl halides is 3. The van der Waals surface area contributed by atoms with E-state index in [1.54, 1.807) is 6.20 Å². The van der Waals surface area contributed by atoms with Crippen LogP contribution in [0.2, 0.25) is 0 Å². The molecule has 0 radical (unpaired) electrons. The van der Waals surface area contributed by atoms with E-state index in [1.807, 2.05) is 22.7 Å². The molecule has 0 aliphatic carbocycles. The number of halogens is 3. The van der Waals surface area contributed by atoms with Crippen LogP contribution < -0.4 is 10.2 Å². The first kappa shape index (κ1) is 18.2. The van der Waals surface area contributed by atoms with Crippen LogP contribution in [-0.2, 0) is 24.4 Å². The van der Waals surface area contributed by atoms with Gasteiger partial charge in [0.1, 0.15) is 11.6 Å². The van der Waals surface area contributed by atoms with Crippen molar-refractivity contribution >= 4 is 11.7 Å². The highest BCUT2D eigenvalue weighted by Crippen LogP contribution is 2.30. The molecule has 0 aromatic carbocycles. The second kappa shape index (κ2) is 7.35. The fraction of sp³-hybridized carbons (Fsp3) is 0.471. The summed E-state index contributed by atoms with van der Waals surface area (Å²) in [6, 6.07) is 2.37. The van der Waals surface area contributed by atoms with E-state index in [9.17, 15) is 18.0 Å². The maximum Gasteiger partial charge on any atom is 0.417 e. The second-order valence-electron chi connectivity index (χ2n) is 6.33. The van der Waals surface area contributed by atoms with E-state index in [4.69, 9.17) is 0 Å². The molecule has 0 bridgehead atoms. The fourth-order valence-corrected chi connectivity index (χ4v) is 3.00. The summed E-state index contributed by atoms with van der Waals surface area (Å²) >= 11 is 0. The molecule has 6 nitrogen and oxygen atoms in total. The third-order valence-corrected chi connectivity index (χ3v) is 4.53. The monoisotopic (exact) mass is 367 g/mol. The number of imidazole rings is 1. The lowest BCUT2D eigenvalue weighted by atomic mass is 10.1. The van der Waals surface area contributed by atoms with E-state index in [0.29, 0.717) is 38.3 Å². The molecule has 1 aliphatic rings. The molecular weight excluding hydrogens is 347 g/mol. The number of nitrogens with one attached hydrogen (secondary N) is 1. The van der Waals surface area contributed by atoms with Crippen LogP contribution in [0.5, 0.6) is 0 Å². The fourth-order valence-electron chi connectivity index (χ4n) is 3.00. The van der Waals surface area contributed by atoms with Gasteiger partial charge in [0.25, 0.3) is 0 Å².